The summed E-state index contributed by atoms with van der Waals surface area (Å²) in [5.41, 5.74) is 3.37. The molecule has 0 atom stereocenters. The van der Waals surface area contributed by atoms with E-state index < -0.39 is 0 Å². The van der Waals surface area contributed by atoms with Gasteiger partial charge in [-0.25, -0.2) is 0 Å². The van der Waals surface area contributed by atoms with Gasteiger partial charge >= 0.3 is 0 Å². The van der Waals surface area contributed by atoms with Crippen LogP contribution < -0.4 is 24.7 Å². The van der Waals surface area contributed by atoms with E-state index in [1.165, 1.54) is 7.05 Å². The van der Waals surface area contributed by atoms with Crippen LogP contribution in [0.2, 0.25) is 0 Å². The molecule has 5 aromatic rings. The van der Waals surface area contributed by atoms with E-state index in [1.807, 2.05) is 31.2 Å². The second-order valence-corrected chi connectivity index (χ2v) is 9.10. The van der Waals surface area contributed by atoms with Gasteiger partial charge in [0.1, 0.15) is 23.0 Å². The largest absolute Gasteiger partial charge is 0.758 e. The minimum Gasteiger partial charge on any atom is -0.758 e. The molecule has 202 valence electrons. The molecule has 0 bridgehead atoms. The maximum atomic E-state index is 12.9. The molecule has 0 unspecified atom stereocenters. The molecule has 0 aromatic heterocycles. The second kappa shape index (κ2) is 11.8. The van der Waals surface area contributed by atoms with Crippen molar-refractivity contribution in [2.75, 3.05) is 22.2 Å². The van der Waals surface area contributed by atoms with Gasteiger partial charge in [-0.3, -0.25) is 0 Å². The van der Waals surface area contributed by atoms with Gasteiger partial charge in [-0.05, 0) is 123 Å². The van der Waals surface area contributed by atoms with Gasteiger partial charge in [0.25, 0.3) is 0 Å². The Hall–Kier alpha value is -5.02. The van der Waals surface area contributed by atoms with Crippen LogP contribution in [0.3, 0.4) is 0 Å². The molecule has 0 aliphatic carbocycles. The van der Waals surface area contributed by atoms with Crippen LogP contribution in [-0.2, 0) is 0 Å². The average Bonchev–Trinajstić information content (AvgIpc) is 2.99. The van der Waals surface area contributed by atoms with E-state index in [0.29, 0.717) is 45.7 Å². The topological polar surface area (TPSA) is 97.4 Å². The molecule has 0 saturated carbocycles. The van der Waals surface area contributed by atoms with Crippen LogP contribution in [0.1, 0.15) is 5.56 Å². The number of anilines is 5. The third kappa shape index (κ3) is 6.33. The van der Waals surface area contributed by atoms with Crippen LogP contribution in [0, 0.1) is 22.5 Å². The normalized spacial score (nSPS) is 10.6. The molecule has 0 saturated heterocycles. The summed E-state index contributed by atoms with van der Waals surface area (Å²) in [5.74, 6) is 2.45. The van der Waals surface area contributed by atoms with E-state index in [1.54, 1.807) is 97.1 Å². The van der Waals surface area contributed by atoms with Crippen molar-refractivity contribution >= 4 is 28.4 Å². The van der Waals surface area contributed by atoms with Crippen molar-refractivity contribution in [1.82, 2.24) is 0 Å². The lowest BCUT2D eigenvalue weighted by atomic mass is 10.2. The van der Waals surface area contributed by atoms with Gasteiger partial charge in [0.2, 0.25) is 0 Å². The molecule has 5 aromatic carbocycles. The molecular formula is C32H26N3O5-3. The molecule has 0 N–H and O–H groups in total. The molecular weight excluding hydrogens is 506 g/mol. The Morgan fingerprint density at radius 3 is 0.950 bits per heavy atom. The number of hydrogen-bond donors (Lipinski definition) is 0. The molecule has 0 aliphatic rings. The van der Waals surface area contributed by atoms with E-state index in [4.69, 9.17) is 9.47 Å². The summed E-state index contributed by atoms with van der Waals surface area (Å²) < 4.78 is 11.7. The van der Waals surface area contributed by atoms with Crippen molar-refractivity contribution < 1.29 is 9.47 Å². The molecule has 0 spiro atoms. The lowest BCUT2D eigenvalue weighted by Gasteiger charge is -2.32. The van der Waals surface area contributed by atoms with Gasteiger partial charge in [0.05, 0.1) is 0 Å². The third-order valence-electron chi connectivity index (χ3n) is 6.15. The van der Waals surface area contributed by atoms with Crippen molar-refractivity contribution in [3.8, 4) is 23.0 Å². The summed E-state index contributed by atoms with van der Waals surface area (Å²) in [6.07, 6.45) is 0. The Balaban J connectivity index is 1.18. The van der Waals surface area contributed by atoms with E-state index in [2.05, 4.69) is 0 Å². The number of benzene rings is 5. The predicted molar refractivity (Wildman–Crippen MR) is 160 cm³/mol. The minimum absolute atomic E-state index is 0.408. The molecule has 8 nitrogen and oxygen atoms in total. The Morgan fingerprint density at radius 1 is 0.400 bits per heavy atom. The second-order valence-electron chi connectivity index (χ2n) is 9.10. The number of nitrogens with zero attached hydrogens (tertiary/aromatic N) is 3. The summed E-state index contributed by atoms with van der Waals surface area (Å²) in [4.78, 5) is 0. The van der Waals surface area contributed by atoms with E-state index in [0.717, 1.165) is 26.5 Å². The molecule has 0 amide bonds. The Bertz CT molecular complexity index is 1520. The summed E-state index contributed by atoms with van der Waals surface area (Å²) >= 11 is 0. The zero-order valence-corrected chi connectivity index (χ0v) is 21.9. The van der Waals surface area contributed by atoms with E-state index in [-0.39, 0.29) is 0 Å². The van der Waals surface area contributed by atoms with Crippen LogP contribution in [-0.4, -0.2) is 7.05 Å². The molecule has 0 aliphatic heterocycles. The standard InChI is InChI=1S/C32H26N3O5/c1-23-3-15-29(16-4-23)39-30-17-11-27(12-18-30)35(38)28-13-21-32(22-14-28)40-31-19-9-26(10-20-31)34(37)25-7-5-24(6-8-25)33(2)36/h3-22H,1-2H3/q-3. The highest BCUT2D eigenvalue weighted by Crippen LogP contribution is 2.32. The van der Waals surface area contributed by atoms with Crippen molar-refractivity contribution in [3.05, 3.63) is 143 Å². The lowest BCUT2D eigenvalue weighted by Crippen LogP contribution is -2.08. The highest BCUT2D eigenvalue weighted by Gasteiger charge is 2.05. The highest BCUT2D eigenvalue weighted by atomic mass is 16.5. The monoisotopic (exact) mass is 532 g/mol. The first-order chi connectivity index (χ1) is 19.4. The van der Waals surface area contributed by atoms with Crippen molar-refractivity contribution in [3.63, 3.8) is 0 Å². The maximum absolute atomic E-state index is 12.9. The number of aryl methyl sites for hydroxylation is 1. The Morgan fingerprint density at radius 2 is 0.650 bits per heavy atom. The smallest absolute Gasteiger partial charge is 0.127 e. The Kier molecular flexibility index (Phi) is 7.84. The van der Waals surface area contributed by atoms with Gasteiger partial charge < -0.3 is 40.3 Å². The third-order valence-corrected chi connectivity index (χ3v) is 6.15. The number of rotatable bonds is 9. The fourth-order valence-corrected chi connectivity index (χ4v) is 3.92. The first-order valence-corrected chi connectivity index (χ1v) is 12.5. The Labute approximate surface area is 232 Å². The molecule has 0 fully saturated rings. The van der Waals surface area contributed by atoms with E-state index in [9.17, 15) is 15.6 Å². The van der Waals surface area contributed by atoms with Crippen molar-refractivity contribution in [2.24, 2.45) is 0 Å². The first kappa shape index (κ1) is 26.6. The zero-order chi connectivity index (χ0) is 28.1. The fraction of sp³-hybridized carbons (Fsp3) is 0.0625. The summed E-state index contributed by atoms with van der Waals surface area (Å²) in [5, 5.41) is 39.2. The van der Waals surface area contributed by atoms with Crippen LogP contribution in [0.5, 0.6) is 23.0 Å². The number of hydrogen-bond acceptors (Lipinski definition) is 8. The molecule has 8 heteroatoms. The van der Waals surface area contributed by atoms with Crippen LogP contribution >= 0.6 is 0 Å². The number of hydroxylamine groups is 1. The highest BCUT2D eigenvalue weighted by molar-refractivity contribution is 5.68. The first-order valence-electron chi connectivity index (χ1n) is 12.5. The quantitative estimate of drug-likeness (QED) is 0.174. The molecule has 0 heterocycles. The fourth-order valence-electron chi connectivity index (χ4n) is 3.92. The zero-order valence-electron chi connectivity index (χ0n) is 21.9. The maximum Gasteiger partial charge on any atom is 0.127 e. The minimum atomic E-state index is 0.408. The van der Waals surface area contributed by atoms with Crippen LogP contribution in [0.4, 0.5) is 28.4 Å². The summed E-state index contributed by atoms with van der Waals surface area (Å²) in [6.45, 7) is 2.01. The summed E-state index contributed by atoms with van der Waals surface area (Å²) in [7, 11) is 1.40. The molecule has 40 heavy (non-hydrogen) atoms. The van der Waals surface area contributed by atoms with Gasteiger partial charge in [0.15, 0.2) is 0 Å². The van der Waals surface area contributed by atoms with Gasteiger partial charge in [0, 0.05) is 28.4 Å². The van der Waals surface area contributed by atoms with E-state index >= 15 is 0 Å². The van der Waals surface area contributed by atoms with Crippen LogP contribution in [0.15, 0.2) is 121 Å². The number of ether oxygens (including phenoxy) is 2. The van der Waals surface area contributed by atoms with Crippen molar-refractivity contribution in [2.45, 2.75) is 6.92 Å². The van der Waals surface area contributed by atoms with Gasteiger partial charge in [-0.1, -0.05) is 17.7 Å². The van der Waals surface area contributed by atoms with Crippen molar-refractivity contribution in [1.29, 1.82) is 0 Å². The average molecular weight is 533 g/mol. The van der Waals surface area contributed by atoms with Gasteiger partial charge in [-0.15, -0.1) is 0 Å². The lowest BCUT2D eigenvalue weighted by molar-refractivity contribution is 0.482. The predicted octanol–water partition coefficient (Wildman–Crippen LogP) is 8.79. The van der Waals surface area contributed by atoms with Gasteiger partial charge in [-0.2, -0.15) is 0 Å². The molecule has 5 rings (SSSR count). The molecule has 0 radical (unpaired) electrons. The summed E-state index contributed by atoms with van der Waals surface area (Å²) in [6, 6.07) is 34.5. The van der Waals surface area contributed by atoms with Crippen LogP contribution in [0.25, 0.3) is 0 Å². The SMILES string of the molecule is Cc1ccc(Oc2ccc(N([O-])c3ccc(Oc4ccc(N([O-])c5ccc(N(C)[O-])cc5)cc4)cc3)cc2)cc1.